The van der Waals surface area contributed by atoms with Crippen LogP contribution < -0.4 is 15.8 Å². The zero-order valence-electron chi connectivity index (χ0n) is 12.6. The fourth-order valence-electron chi connectivity index (χ4n) is 1.61. The van der Waals surface area contributed by atoms with E-state index in [0.29, 0.717) is 30.5 Å². The molecule has 0 saturated heterocycles. The molecule has 1 aromatic carbocycles. The summed E-state index contributed by atoms with van der Waals surface area (Å²) >= 11 is 1.44. The minimum absolute atomic E-state index is 0. The first-order valence-corrected chi connectivity index (χ1v) is 7.75. The number of anilines is 1. The Balaban J connectivity index is 0.00000264. The summed E-state index contributed by atoms with van der Waals surface area (Å²) < 4.78 is 6.94. The number of ether oxygens (including phenoxy) is 1. The van der Waals surface area contributed by atoms with Crippen LogP contribution in [0.4, 0.5) is 5.69 Å². The second kappa shape index (κ2) is 10.0. The van der Waals surface area contributed by atoms with Gasteiger partial charge in [0.15, 0.2) is 0 Å². The highest BCUT2D eigenvalue weighted by molar-refractivity contribution is 7.99. The number of benzene rings is 1. The van der Waals surface area contributed by atoms with Crippen molar-refractivity contribution in [3.05, 3.63) is 24.3 Å². The lowest BCUT2D eigenvalue weighted by Gasteiger charge is -2.07. The number of amides is 1. The van der Waals surface area contributed by atoms with Crippen LogP contribution in [0.15, 0.2) is 29.4 Å². The Morgan fingerprint density at radius 1 is 1.39 bits per heavy atom. The minimum atomic E-state index is -0.0572. The van der Waals surface area contributed by atoms with Crippen LogP contribution in [0.25, 0.3) is 0 Å². The zero-order valence-corrected chi connectivity index (χ0v) is 14.3. The highest BCUT2D eigenvalue weighted by Gasteiger charge is 2.06. The molecule has 1 aromatic heterocycles. The van der Waals surface area contributed by atoms with Crippen molar-refractivity contribution >= 4 is 35.8 Å². The van der Waals surface area contributed by atoms with Crippen molar-refractivity contribution in [2.75, 3.05) is 24.2 Å². The van der Waals surface area contributed by atoms with Gasteiger partial charge in [-0.05, 0) is 34.7 Å². The predicted molar refractivity (Wildman–Crippen MR) is 91.0 cm³/mol. The van der Waals surface area contributed by atoms with Gasteiger partial charge in [-0.1, -0.05) is 11.8 Å². The summed E-state index contributed by atoms with van der Waals surface area (Å²) in [5.74, 6) is 1.28. The first-order valence-electron chi connectivity index (χ1n) is 6.77. The normalized spacial score (nSPS) is 10.0. The Labute approximate surface area is 144 Å². The molecule has 0 aliphatic rings. The molecule has 0 bridgehead atoms. The number of hydrogen-bond acceptors (Lipinski definition) is 7. The highest BCUT2D eigenvalue weighted by Crippen LogP contribution is 2.17. The Morgan fingerprint density at radius 3 is 2.74 bits per heavy atom. The molecular formula is C13H19ClN6O2S. The van der Waals surface area contributed by atoms with Crippen molar-refractivity contribution in [1.29, 1.82) is 0 Å². The van der Waals surface area contributed by atoms with Crippen LogP contribution in [0.5, 0.6) is 5.75 Å². The van der Waals surface area contributed by atoms with Gasteiger partial charge in [-0.15, -0.1) is 17.5 Å². The van der Waals surface area contributed by atoms with Crippen LogP contribution in [0.1, 0.15) is 6.42 Å². The number of carbonyl (C=O) groups excluding carboxylic acids is 1. The van der Waals surface area contributed by atoms with Crippen molar-refractivity contribution in [1.82, 2.24) is 20.2 Å². The highest BCUT2D eigenvalue weighted by atomic mass is 35.5. The maximum atomic E-state index is 11.9. The van der Waals surface area contributed by atoms with E-state index in [0.717, 1.165) is 11.4 Å². The maximum Gasteiger partial charge on any atom is 0.225 e. The predicted octanol–water partition coefficient (Wildman–Crippen LogP) is 1.09. The van der Waals surface area contributed by atoms with Crippen molar-refractivity contribution in [2.24, 2.45) is 12.8 Å². The second-order valence-corrected chi connectivity index (χ2v) is 5.46. The third-order valence-corrected chi connectivity index (χ3v) is 3.68. The summed E-state index contributed by atoms with van der Waals surface area (Å²) in [7, 11) is 1.76. The molecule has 2 aromatic rings. The van der Waals surface area contributed by atoms with Gasteiger partial charge in [0.05, 0.1) is 0 Å². The number of nitrogens with zero attached hydrogens (tertiary/aromatic N) is 4. The van der Waals surface area contributed by atoms with Crippen LogP contribution in [0.2, 0.25) is 0 Å². The first-order chi connectivity index (χ1) is 10.7. The number of carbonyl (C=O) groups is 1. The van der Waals surface area contributed by atoms with Crippen molar-refractivity contribution in [3.8, 4) is 5.75 Å². The number of nitrogens with two attached hydrogens (primary N) is 1. The van der Waals surface area contributed by atoms with Gasteiger partial charge in [-0.3, -0.25) is 4.79 Å². The standard InChI is InChI=1S/C13H18N6O2S.ClH/c1-19-13(16-17-18-19)22-9-6-12(20)15-10-2-4-11(5-3-10)21-8-7-14;/h2-5H,6-9,14H2,1H3,(H,15,20);1H. The number of halogens is 1. The number of nitrogens with one attached hydrogen (secondary N) is 1. The summed E-state index contributed by atoms with van der Waals surface area (Å²) in [6.45, 7) is 0.941. The molecule has 126 valence electrons. The summed E-state index contributed by atoms with van der Waals surface area (Å²) in [6, 6.07) is 7.18. The molecule has 1 heterocycles. The quantitative estimate of drug-likeness (QED) is 0.680. The SMILES string of the molecule is Cl.Cn1nnnc1SCCC(=O)Nc1ccc(OCCN)cc1. The molecule has 10 heteroatoms. The van der Waals surface area contributed by atoms with Gasteiger partial charge in [0.2, 0.25) is 11.1 Å². The molecule has 1 amide bonds. The number of tetrazole rings is 1. The average molecular weight is 359 g/mol. The fraction of sp³-hybridized carbons (Fsp3) is 0.385. The monoisotopic (exact) mass is 358 g/mol. The third-order valence-electron chi connectivity index (χ3n) is 2.67. The van der Waals surface area contributed by atoms with Crippen LogP contribution in [-0.4, -0.2) is 45.0 Å². The van der Waals surface area contributed by atoms with Gasteiger partial charge < -0.3 is 15.8 Å². The molecule has 0 spiro atoms. The summed E-state index contributed by atoms with van der Waals surface area (Å²) in [5.41, 5.74) is 6.10. The van der Waals surface area contributed by atoms with Gasteiger partial charge in [-0.2, -0.15) is 0 Å². The molecule has 0 aliphatic heterocycles. The molecule has 0 atom stereocenters. The van der Waals surface area contributed by atoms with Gasteiger partial charge >= 0.3 is 0 Å². The van der Waals surface area contributed by atoms with E-state index in [-0.39, 0.29) is 18.3 Å². The molecule has 0 radical (unpaired) electrons. The van der Waals surface area contributed by atoms with Gasteiger partial charge in [0.1, 0.15) is 12.4 Å². The fourth-order valence-corrected chi connectivity index (χ4v) is 2.40. The van der Waals surface area contributed by atoms with E-state index >= 15 is 0 Å². The lowest BCUT2D eigenvalue weighted by molar-refractivity contribution is -0.115. The van der Waals surface area contributed by atoms with Crippen molar-refractivity contribution < 1.29 is 9.53 Å². The molecule has 23 heavy (non-hydrogen) atoms. The van der Waals surface area contributed by atoms with Crippen molar-refractivity contribution in [2.45, 2.75) is 11.6 Å². The summed E-state index contributed by atoms with van der Waals surface area (Å²) in [4.78, 5) is 11.9. The van der Waals surface area contributed by atoms with E-state index in [1.807, 2.05) is 0 Å². The van der Waals surface area contributed by atoms with Crippen LogP contribution in [0.3, 0.4) is 0 Å². The average Bonchev–Trinajstić information content (AvgIpc) is 2.92. The molecule has 0 fully saturated rings. The summed E-state index contributed by atoms with van der Waals surface area (Å²) in [5, 5.41) is 14.6. The van der Waals surface area contributed by atoms with E-state index in [1.54, 1.807) is 36.0 Å². The smallest absolute Gasteiger partial charge is 0.225 e. The van der Waals surface area contributed by atoms with Crippen LogP contribution >= 0.6 is 24.2 Å². The summed E-state index contributed by atoms with van der Waals surface area (Å²) in [6.07, 6.45) is 0.378. The minimum Gasteiger partial charge on any atom is -0.492 e. The number of hydrogen-bond donors (Lipinski definition) is 2. The van der Waals surface area contributed by atoms with E-state index < -0.39 is 0 Å². The van der Waals surface area contributed by atoms with Gasteiger partial charge in [0.25, 0.3) is 0 Å². The van der Waals surface area contributed by atoms with Crippen LogP contribution in [0, 0.1) is 0 Å². The van der Waals surface area contributed by atoms with E-state index in [1.165, 1.54) is 11.8 Å². The molecule has 2 rings (SSSR count). The molecule has 0 aliphatic carbocycles. The Bertz CT molecular complexity index is 607. The number of aromatic nitrogens is 4. The Hall–Kier alpha value is -1.84. The van der Waals surface area contributed by atoms with Gasteiger partial charge in [-0.25, -0.2) is 4.68 Å². The number of rotatable bonds is 8. The third kappa shape index (κ3) is 6.43. The van der Waals surface area contributed by atoms with E-state index in [9.17, 15) is 4.79 Å². The van der Waals surface area contributed by atoms with Gasteiger partial charge in [0, 0.05) is 31.5 Å². The maximum absolute atomic E-state index is 11.9. The number of thioether (sulfide) groups is 1. The largest absolute Gasteiger partial charge is 0.492 e. The van der Waals surface area contributed by atoms with Crippen LogP contribution in [-0.2, 0) is 11.8 Å². The Morgan fingerprint density at radius 2 is 2.13 bits per heavy atom. The molecule has 8 nitrogen and oxygen atoms in total. The molecular weight excluding hydrogens is 340 g/mol. The molecule has 0 unspecified atom stereocenters. The van der Waals surface area contributed by atoms with Crippen molar-refractivity contribution in [3.63, 3.8) is 0 Å². The molecule has 3 N–H and O–H groups in total. The zero-order chi connectivity index (χ0) is 15.8. The Kier molecular flexibility index (Phi) is 8.38. The molecule has 0 saturated carbocycles. The topological polar surface area (TPSA) is 108 Å². The second-order valence-electron chi connectivity index (χ2n) is 4.39. The van der Waals surface area contributed by atoms with E-state index in [2.05, 4.69) is 20.8 Å². The first kappa shape index (κ1) is 19.2. The number of aryl methyl sites for hydroxylation is 1. The lowest BCUT2D eigenvalue weighted by atomic mass is 10.3. The van der Waals surface area contributed by atoms with E-state index in [4.69, 9.17) is 10.5 Å². The lowest BCUT2D eigenvalue weighted by Crippen LogP contribution is -2.12.